The fraction of sp³-hybridized carbons (Fsp3) is 0.250. The van der Waals surface area contributed by atoms with Gasteiger partial charge in [0.15, 0.2) is 0 Å². The zero-order valence-electron chi connectivity index (χ0n) is 8.05. The number of carbonyl (C=O) groups is 1. The highest BCUT2D eigenvalue weighted by Crippen LogP contribution is 2.25. The molecular formula is C12H13NO. The molecule has 0 atom stereocenters. The molecule has 0 spiro atoms. The average Bonchev–Trinajstić information content (AvgIpc) is 2.62. The minimum absolute atomic E-state index is 0.403. The quantitative estimate of drug-likeness (QED) is 0.703. The van der Waals surface area contributed by atoms with Crippen molar-refractivity contribution in [3.05, 3.63) is 41.5 Å². The Morgan fingerprint density at radius 3 is 2.71 bits per heavy atom. The Kier molecular flexibility index (Phi) is 2.12. The maximum Gasteiger partial charge on any atom is 0.248 e. The summed E-state index contributed by atoms with van der Waals surface area (Å²) < 4.78 is 0. The standard InChI is InChI=1S/C12H13NO/c1-8(12(13)14)10-6-5-9-3-2-4-11(9)7-10/h5-7H,1-4H2,(H2,13,14). The molecule has 2 N–H and O–H groups in total. The van der Waals surface area contributed by atoms with Gasteiger partial charge in [0.25, 0.3) is 0 Å². The first-order valence-corrected chi connectivity index (χ1v) is 4.79. The van der Waals surface area contributed by atoms with Crippen LogP contribution in [0.2, 0.25) is 0 Å². The van der Waals surface area contributed by atoms with Crippen molar-refractivity contribution >= 4 is 11.5 Å². The monoisotopic (exact) mass is 187 g/mol. The molecule has 1 aromatic carbocycles. The van der Waals surface area contributed by atoms with E-state index in [-0.39, 0.29) is 0 Å². The van der Waals surface area contributed by atoms with E-state index < -0.39 is 5.91 Å². The lowest BCUT2D eigenvalue weighted by Crippen LogP contribution is -2.12. The minimum atomic E-state index is -0.442. The van der Waals surface area contributed by atoms with Crippen LogP contribution in [-0.2, 0) is 17.6 Å². The summed E-state index contributed by atoms with van der Waals surface area (Å²) in [6.45, 7) is 3.68. The zero-order valence-corrected chi connectivity index (χ0v) is 8.05. The molecule has 0 radical (unpaired) electrons. The van der Waals surface area contributed by atoms with Gasteiger partial charge in [-0.3, -0.25) is 4.79 Å². The molecule has 1 amide bonds. The number of nitrogens with two attached hydrogens (primary N) is 1. The van der Waals surface area contributed by atoms with E-state index in [1.807, 2.05) is 12.1 Å². The summed E-state index contributed by atoms with van der Waals surface area (Å²) in [5.74, 6) is -0.442. The first-order valence-electron chi connectivity index (χ1n) is 4.79. The summed E-state index contributed by atoms with van der Waals surface area (Å²) in [6.07, 6.45) is 3.47. The van der Waals surface area contributed by atoms with E-state index in [0.717, 1.165) is 18.4 Å². The SMILES string of the molecule is C=C(C(N)=O)c1ccc2c(c1)CCC2. The predicted octanol–water partition coefficient (Wildman–Crippen LogP) is 1.67. The van der Waals surface area contributed by atoms with Gasteiger partial charge in [-0.15, -0.1) is 0 Å². The number of rotatable bonds is 2. The van der Waals surface area contributed by atoms with E-state index in [1.165, 1.54) is 17.5 Å². The van der Waals surface area contributed by atoms with Crippen LogP contribution in [0.15, 0.2) is 24.8 Å². The first-order chi connectivity index (χ1) is 6.68. The zero-order chi connectivity index (χ0) is 10.1. The van der Waals surface area contributed by atoms with Gasteiger partial charge < -0.3 is 5.73 Å². The largest absolute Gasteiger partial charge is 0.366 e. The van der Waals surface area contributed by atoms with Crippen LogP contribution in [0, 0.1) is 0 Å². The number of fused-ring (bicyclic) bond motifs is 1. The molecule has 1 aliphatic rings. The van der Waals surface area contributed by atoms with Crippen molar-refractivity contribution in [2.45, 2.75) is 19.3 Å². The van der Waals surface area contributed by atoms with Gasteiger partial charge in [0.1, 0.15) is 0 Å². The average molecular weight is 187 g/mol. The number of benzene rings is 1. The van der Waals surface area contributed by atoms with Crippen LogP contribution < -0.4 is 5.73 Å². The van der Waals surface area contributed by atoms with Crippen LogP contribution in [-0.4, -0.2) is 5.91 Å². The number of aryl methyl sites for hydroxylation is 2. The highest BCUT2D eigenvalue weighted by Gasteiger charge is 2.13. The fourth-order valence-electron chi connectivity index (χ4n) is 1.90. The summed E-state index contributed by atoms with van der Waals surface area (Å²) in [7, 11) is 0. The lowest BCUT2D eigenvalue weighted by Gasteiger charge is -2.04. The summed E-state index contributed by atoms with van der Waals surface area (Å²) in [5.41, 5.74) is 9.17. The molecule has 2 rings (SSSR count). The third-order valence-corrected chi connectivity index (χ3v) is 2.74. The van der Waals surface area contributed by atoms with E-state index in [0.29, 0.717) is 5.57 Å². The van der Waals surface area contributed by atoms with Crippen molar-refractivity contribution < 1.29 is 4.79 Å². The minimum Gasteiger partial charge on any atom is -0.366 e. The van der Waals surface area contributed by atoms with Gasteiger partial charge in [-0.2, -0.15) is 0 Å². The Balaban J connectivity index is 2.38. The summed E-state index contributed by atoms with van der Waals surface area (Å²) >= 11 is 0. The number of hydrogen-bond donors (Lipinski definition) is 1. The third kappa shape index (κ3) is 1.43. The maximum absolute atomic E-state index is 10.9. The molecule has 2 heteroatoms. The van der Waals surface area contributed by atoms with Crippen LogP contribution in [0.3, 0.4) is 0 Å². The molecule has 14 heavy (non-hydrogen) atoms. The summed E-state index contributed by atoms with van der Waals surface area (Å²) in [6, 6.07) is 6.04. The van der Waals surface area contributed by atoms with Crippen LogP contribution in [0.5, 0.6) is 0 Å². The van der Waals surface area contributed by atoms with Crippen LogP contribution in [0.4, 0.5) is 0 Å². The molecule has 1 aliphatic carbocycles. The van der Waals surface area contributed by atoms with Crippen LogP contribution >= 0.6 is 0 Å². The Labute approximate surface area is 83.4 Å². The van der Waals surface area contributed by atoms with Crippen LogP contribution in [0.25, 0.3) is 5.57 Å². The molecule has 0 aromatic heterocycles. The second kappa shape index (κ2) is 3.29. The molecule has 0 saturated heterocycles. The van der Waals surface area contributed by atoms with E-state index in [4.69, 9.17) is 5.73 Å². The van der Waals surface area contributed by atoms with Gasteiger partial charge >= 0.3 is 0 Å². The Hall–Kier alpha value is -1.57. The molecule has 0 saturated carbocycles. The Morgan fingerprint density at radius 2 is 2.00 bits per heavy atom. The lowest BCUT2D eigenvalue weighted by molar-refractivity contribution is -0.112. The Bertz CT molecular complexity index is 407. The lowest BCUT2D eigenvalue weighted by atomic mass is 10.0. The highest BCUT2D eigenvalue weighted by molar-refractivity contribution is 6.17. The normalized spacial score (nSPS) is 13.7. The number of amides is 1. The molecule has 1 aromatic rings. The second-order valence-corrected chi connectivity index (χ2v) is 3.68. The van der Waals surface area contributed by atoms with Gasteiger partial charge in [-0.25, -0.2) is 0 Å². The van der Waals surface area contributed by atoms with Gasteiger partial charge in [-0.05, 0) is 36.0 Å². The highest BCUT2D eigenvalue weighted by atomic mass is 16.1. The number of carbonyl (C=O) groups excluding carboxylic acids is 1. The van der Waals surface area contributed by atoms with Crippen molar-refractivity contribution in [3.8, 4) is 0 Å². The summed E-state index contributed by atoms with van der Waals surface area (Å²) in [5, 5.41) is 0. The van der Waals surface area contributed by atoms with Crippen molar-refractivity contribution in [2.75, 3.05) is 0 Å². The molecular weight excluding hydrogens is 174 g/mol. The maximum atomic E-state index is 10.9. The van der Waals surface area contributed by atoms with Crippen LogP contribution in [0.1, 0.15) is 23.1 Å². The Morgan fingerprint density at radius 1 is 1.29 bits per heavy atom. The van der Waals surface area contributed by atoms with Gasteiger partial charge in [0.05, 0.1) is 0 Å². The van der Waals surface area contributed by atoms with Gasteiger partial charge in [-0.1, -0.05) is 24.8 Å². The van der Waals surface area contributed by atoms with Gasteiger partial charge in [0.2, 0.25) is 5.91 Å². The number of hydrogen-bond acceptors (Lipinski definition) is 1. The molecule has 0 fully saturated rings. The molecule has 2 nitrogen and oxygen atoms in total. The predicted molar refractivity (Wildman–Crippen MR) is 56.7 cm³/mol. The van der Waals surface area contributed by atoms with Crippen molar-refractivity contribution in [2.24, 2.45) is 5.73 Å². The fourth-order valence-corrected chi connectivity index (χ4v) is 1.90. The van der Waals surface area contributed by atoms with E-state index in [1.54, 1.807) is 0 Å². The summed E-state index contributed by atoms with van der Waals surface area (Å²) in [4.78, 5) is 10.9. The smallest absolute Gasteiger partial charge is 0.248 e. The van der Waals surface area contributed by atoms with Crippen molar-refractivity contribution in [1.29, 1.82) is 0 Å². The second-order valence-electron chi connectivity index (χ2n) is 3.68. The molecule has 0 unspecified atom stereocenters. The van der Waals surface area contributed by atoms with E-state index in [9.17, 15) is 4.79 Å². The molecule has 0 bridgehead atoms. The van der Waals surface area contributed by atoms with Crippen molar-refractivity contribution in [1.82, 2.24) is 0 Å². The van der Waals surface area contributed by atoms with E-state index >= 15 is 0 Å². The van der Waals surface area contributed by atoms with Gasteiger partial charge in [0, 0.05) is 5.57 Å². The topological polar surface area (TPSA) is 43.1 Å². The first kappa shape index (κ1) is 9.00. The third-order valence-electron chi connectivity index (χ3n) is 2.74. The molecule has 72 valence electrons. The number of primary amides is 1. The molecule has 0 aliphatic heterocycles. The molecule has 0 heterocycles. The van der Waals surface area contributed by atoms with E-state index in [2.05, 4.69) is 12.6 Å². The van der Waals surface area contributed by atoms with Crippen molar-refractivity contribution in [3.63, 3.8) is 0 Å².